The Morgan fingerprint density at radius 1 is 1.42 bits per heavy atom. The minimum atomic E-state index is -0.763. The van der Waals surface area contributed by atoms with Gasteiger partial charge < -0.3 is 9.47 Å². The van der Waals surface area contributed by atoms with Crippen LogP contribution in [0.1, 0.15) is 12.5 Å². The van der Waals surface area contributed by atoms with Crippen molar-refractivity contribution < 1.29 is 14.3 Å². The van der Waals surface area contributed by atoms with Crippen molar-refractivity contribution in [1.29, 1.82) is 5.26 Å². The van der Waals surface area contributed by atoms with Crippen LogP contribution in [0.15, 0.2) is 24.3 Å². The first-order valence-electron chi connectivity index (χ1n) is 5.97. The highest BCUT2D eigenvalue weighted by Gasteiger charge is 2.14. The fraction of sp³-hybridized carbons (Fsp3) is 0.286. The average molecular weight is 258 g/mol. The standard InChI is InChI=1S/C14H14N2O3/c1-3-18-14(17)19-13-9-11-5-4-10(2)8-12(11)16(13)7-6-15/h4-5,8-9H,3,7H2,1-2H3. The molecule has 1 aromatic carbocycles. The molecular formula is C14H14N2O3. The summed E-state index contributed by atoms with van der Waals surface area (Å²) in [6, 6.07) is 9.63. The third-order valence-corrected chi connectivity index (χ3v) is 2.70. The molecule has 5 heteroatoms. The summed E-state index contributed by atoms with van der Waals surface area (Å²) >= 11 is 0. The van der Waals surface area contributed by atoms with Crippen LogP contribution in [0.4, 0.5) is 4.79 Å². The number of fused-ring (bicyclic) bond motifs is 1. The number of carbonyl (C=O) groups excluding carboxylic acids is 1. The van der Waals surface area contributed by atoms with Crippen molar-refractivity contribution in [2.45, 2.75) is 20.4 Å². The van der Waals surface area contributed by atoms with E-state index in [1.807, 2.05) is 25.1 Å². The summed E-state index contributed by atoms with van der Waals surface area (Å²) in [5.74, 6) is 0.320. The Hall–Kier alpha value is -2.48. The van der Waals surface area contributed by atoms with E-state index in [1.54, 1.807) is 17.6 Å². The molecule has 0 unspecified atom stereocenters. The molecule has 0 fully saturated rings. The van der Waals surface area contributed by atoms with E-state index in [2.05, 4.69) is 6.07 Å². The monoisotopic (exact) mass is 258 g/mol. The first-order chi connectivity index (χ1) is 9.15. The topological polar surface area (TPSA) is 64.2 Å². The molecule has 0 N–H and O–H groups in total. The van der Waals surface area contributed by atoms with Gasteiger partial charge in [-0.15, -0.1) is 0 Å². The van der Waals surface area contributed by atoms with Crippen molar-refractivity contribution in [1.82, 2.24) is 4.57 Å². The van der Waals surface area contributed by atoms with Gasteiger partial charge in [0.05, 0.1) is 18.2 Å². The molecule has 0 aliphatic carbocycles. The van der Waals surface area contributed by atoms with Crippen molar-refractivity contribution >= 4 is 17.1 Å². The number of rotatable bonds is 3. The zero-order chi connectivity index (χ0) is 13.8. The maximum absolute atomic E-state index is 11.4. The number of aromatic nitrogens is 1. The molecule has 0 saturated carbocycles. The molecule has 19 heavy (non-hydrogen) atoms. The molecule has 0 saturated heterocycles. The van der Waals surface area contributed by atoms with Crippen LogP contribution in [-0.2, 0) is 11.3 Å². The number of carbonyl (C=O) groups is 1. The van der Waals surface area contributed by atoms with Gasteiger partial charge >= 0.3 is 6.16 Å². The molecule has 5 nitrogen and oxygen atoms in total. The smallest absolute Gasteiger partial charge is 0.434 e. The van der Waals surface area contributed by atoms with Crippen LogP contribution in [0.3, 0.4) is 0 Å². The predicted molar refractivity (Wildman–Crippen MR) is 69.9 cm³/mol. The molecule has 0 spiro atoms. The van der Waals surface area contributed by atoms with Gasteiger partial charge in [0.15, 0.2) is 0 Å². The van der Waals surface area contributed by atoms with Crippen molar-refractivity contribution in [2.75, 3.05) is 6.61 Å². The van der Waals surface area contributed by atoms with Gasteiger partial charge in [0.1, 0.15) is 6.54 Å². The second kappa shape index (κ2) is 5.44. The summed E-state index contributed by atoms with van der Waals surface area (Å²) in [6.07, 6.45) is -0.763. The first-order valence-corrected chi connectivity index (χ1v) is 5.97. The molecule has 1 heterocycles. The molecule has 98 valence electrons. The van der Waals surface area contributed by atoms with Gasteiger partial charge in [0.2, 0.25) is 5.88 Å². The minimum absolute atomic E-state index is 0.113. The van der Waals surface area contributed by atoms with Crippen LogP contribution in [-0.4, -0.2) is 17.3 Å². The highest BCUT2D eigenvalue weighted by Crippen LogP contribution is 2.26. The van der Waals surface area contributed by atoms with E-state index in [-0.39, 0.29) is 13.2 Å². The lowest BCUT2D eigenvalue weighted by atomic mass is 10.2. The van der Waals surface area contributed by atoms with Crippen molar-refractivity contribution in [3.8, 4) is 11.9 Å². The normalized spacial score (nSPS) is 10.2. The van der Waals surface area contributed by atoms with Gasteiger partial charge in [0, 0.05) is 11.5 Å². The third-order valence-electron chi connectivity index (χ3n) is 2.70. The summed E-state index contributed by atoms with van der Waals surface area (Å²) in [5.41, 5.74) is 1.94. The van der Waals surface area contributed by atoms with Crippen molar-refractivity contribution in [3.63, 3.8) is 0 Å². The summed E-state index contributed by atoms with van der Waals surface area (Å²) in [5, 5.41) is 9.80. The van der Waals surface area contributed by atoms with Gasteiger partial charge in [-0.25, -0.2) is 4.79 Å². The Labute approximate surface area is 111 Å². The second-order valence-electron chi connectivity index (χ2n) is 4.07. The van der Waals surface area contributed by atoms with Crippen LogP contribution in [0.25, 0.3) is 10.9 Å². The molecule has 1 aromatic heterocycles. The molecule has 0 bridgehead atoms. The summed E-state index contributed by atoms with van der Waals surface area (Å²) in [7, 11) is 0. The number of aryl methyl sites for hydroxylation is 1. The van der Waals surface area contributed by atoms with Crippen molar-refractivity contribution in [2.24, 2.45) is 0 Å². The molecule has 0 amide bonds. The first kappa shape index (κ1) is 13.0. The summed E-state index contributed by atoms with van der Waals surface area (Å²) in [6.45, 7) is 4.03. The maximum Gasteiger partial charge on any atom is 0.515 e. The van der Waals surface area contributed by atoms with E-state index >= 15 is 0 Å². The summed E-state index contributed by atoms with van der Waals surface area (Å²) < 4.78 is 11.5. The Bertz CT molecular complexity index is 652. The lowest BCUT2D eigenvalue weighted by Gasteiger charge is -2.07. The Kier molecular flexibility index (Phi) is 3.71. The molecular weight excluding hydrogens is 244 g/mol. The lowest BCUT2D eigenvalue weighted by Crippen LogP contribution is -2.12. The zero-order valence-corrected chi connectivity index (χ0v) is 10.8. The average Bonchev–Trinajstić information content (AvgIpc) is 2.68. The largest absolute Gasteiger partial charge is 0.515 e. The molecule has 0 radical (unpaired) electrons. The summed E-state index contributed by atoms with van der Waals surface area (Å²) in [4.78, 5) is 11.4. The van der Waals surface area contributed by atoms with Crippen molar-refractivity contribution in [3.05, 3.63) is 29.8 Å². The number of benzene rings is 1. The number of ether oxygens (including phenoxy) is 2. The predicted octanol–water partition coefficient (Wildman–Crippen LogP) is 3.01. The van der Waals surface area contributed by atoms with E-state index in [0.29, 0.717) is 5.88 Å². The number of nitriles is 1. The van der Waals surface area contributed by atoms with Crippen LogP contribution in [0.2, 0.25) is 0 Å². The van der Waals surface area contributed by atoms with Crippen LogP contribution in [0.5, 0.6) is 5.88 Å². The van der Waals surface area contributed by atoms with Gasteiger partial charge in [-0.3, -0.25) is 4.57 Å². The Balaban J connectivity index is 2.45. The second-order valence-corrected chi connectivity index (χ2v) is 4.07. The molecule has 0 aliphatic rings. The van der Waals surface area contributed by atoms with Gasteiger partial charge in [-0.05, 0) is 25.5 Å². The van der Waals surface area contributed by atoms with E-state index in [0.717, 1.165) is 16.5 Å². The van der Waals surface area contributed by atoms with Crippen LogP contribution in [0, 0.1) is 18.3 Å². The Morgan fingerprint density at radius 3 is 2.89 bits per heavy atom. The van der Waals surface area contributed by atoms with E-state index < -0.39 is 6.16 Å². The number of hydrogen-bond donors (Lipinski definition) is 0. The molecule has 0 atom stereocenters. The van der Waals surface area contributed by atoms with E-state index in [4.69, 9.17) is 14.7 Å². The highest BCUT2D eigenvalue weighted by molar-refractivity contribution is 5.84. The fourth-order valence-electron chi connectivity index (χ4n) is 1.89. The minimum Gasteiger partial charge on any atom is -0.434 e. The van der Waals surface area contributed by atoms with Crippen LogP contribution >= 0.6 is 0 Å². The number of hydrogen-bond acceptors (Lipinski definition) is 4. The van der Waals surface area contributed by atoms with Gasteiger partial charge in [-0.1, -0.05) is 12.1 Å². The molecule has 2 rings (SSSR count). The van der Waals surface area contributed by atoms with Crippen LogP contribution < -0.4 is 4.74 Å². The van der Waals surface area contributed by atoms with Gasteiger partial charge in [-0.2, -0.15) is 5.26 Å². The lowest BCUT2D eigenvalue weighted by molar-refractivity contribution is 0.101. The molecule has 0 aliphatic heterocycles. The quantitative estimate of drug-likeness (QED) is 0.794. The number of nitrogens with zero attached hydrogens (tertiary/aromatic N) is 2. The maximum atomic E-state index is 11.4. The molecule has 2 aromatic rings. The fourth-order valence-corrected chi connectivity index (χ4v) is 1.89. The third kappa shape index (κ3) is 2.68. The SMILES string of the molecule is CCOC(=O)Oc1cc2ccc(C)cc2n1CC#N. The zero-order valence-electron chi connectivity index (χ0n) is 10.8. The highest BCUT2D eigenvalue weighted by atomic mass is 16.7. The van der Waals surface area contributed by atoms with Gasteiger partial charge in [0.25, 0.3) is 0 Å². The van der Waals surface area contributed by atoms with E-state index in [1.165, 1.54) is 0 Å². The van der Waals surface area contributed by atoms with E-state index in [9.17, 15) is 4.79 Å². The Morgan fingerprint density at radius 2 is 2.21 bits per heavy atom.